The number of amides is 1. The quantitative estimate of drug-likeness (QED) is 0.705. The van der Waals surface area contributed by atoms with E-state index < -0.39 is 6.09 Å². The van der Waals surface area contributed by atoms with Crippen LogP contribution >= 0.6 is 0 Å². The number of benzene rings is 1. The Morgan fingerprint density at radius 2 is 2.08 bits per heavy atom. The van der Waals surface area contributed by atoms with Gasteiger partial charge in [-0.1, -0.05) is 37.3 Å². The van der Waals surface area contributed by atoms with Gasteiger partial charge in [0.15, 0.2) is 0 Å². The van der Waals surface area contributed by atoms with Gasteiger partial charge in [0.2, 0.25) is 0 Å². The monoisotopic (exact) mass is 344 g/mol. The second kappa shape index (κ2) is 9.89. The second-order valence-corrected chi connectivity index (χ2v) is 6.08. The number of nitrogens with one attached hydrogen (secondary N) is 2. The molecule has 0 bridgehead atoms. The first-order chi connectivity index (χ1) is 12.1. The van der Waals surface area contributed by atoms with Gasteiger partial charge in [0.25, 0.3) is 0 Å². The molecule has 1 amide bonds. The Labute approximate surface area is 150 Å². The molecule has 1 atom stereocenters. The van der Waals surface area contributed by atoms with E-state index in [0.29, 0.717) is 0 Å². The lowest BCUT2D eigenvalue weighted by molar-refractivity contribution is 0.142. The summed E-state index contributed by atoms with van der Waals surface area (Å²) in [6.07, 6.45) is 6.77. The summed E-state index contributed by atoms with van der Waals surface area (Å²) in [7, 11) is 0. The van der Waals surface area contributed by atoms with Gasteiger partial charge in [-0.2, -0.15) is 0 Å². The van der Waals surface area contributed by atoms with E-state index in [-0.39, 0.29) is 18.8 Å². The van der Waals surface area contributed by atoms with Crippen molar-refractivity contribution >= 4 is 6.09 Å². The molecule has 0 unspecified atom stereocenters. The molecule has 25 heavy (non-hydrogen) atoms. The molecule has 0 aliphatic carbocycles. The van der Waals surface area contributed by atoms with Crippen LogP contribution in [0.4, 0.5) is 4.79 Å². The maximum Gasteiger partial charge on any atom is 0.407 e. The zero-order valence-corrected chi connectivity index (χ0v) is 15.2. The standard InChI is InChI=1S/C20H28N2O3/c1-4-6-7-16(5-2)14-24-20(23)22-15(3)17-8-10-18(11-9-17)25-19-12-21-13-19/h5-11,15,19,21H,4,12-14H2,1-3H3,(H,22,23)/b7-6-,16-5+/t15-/m0/s1. The van der Waals surface area contributed by atoms with Crippen LogP contribution in [0.1, 0.15) is 38.8 Å². The summed E-state index contributed by atoms with van der Waals surface area (Å²) in [6, 6.07) is 7.67. The number of carbonyl (C=O) groups is 1. The summed E-state index contributed by atoms with van der Waals surface area (Å²) in [5.41, 5.74) is 1.99. The SMILES string of the molecule is C/C=C(\C=C/CC)COC(=O)N[C@@H](C)c1ccc(OC2CNC2)cc1. The van der Waals surface area contributed by atoms with Crippen LogP contribution in [-0.2, 0) is 4.74 Å². The number of ether oxygens (including phenoxy) is 2. The van der Waals surface area contributed by atoms with Gasteiger partial charge in [-0.05, 0) is 43.5 Å². The summed E-state index contributed by atoms with van der Waals surface area (Å²) < 4.78 is 11.1. The molecule has 0 spiro atoms. The van der Waals surface area contributed by atoms with E-state index in [1.54, 1.807) is 0 Å². The molecule has 0 radical (unpaired) electrons. The molecule has 5 nitrogen and oxygen atoms in total. The van der Waals surface area contributed by atoms with Crippen LogP contribution in [-0.4, -0.2) is 31.9 Å². The molecule has 1 saturated heterocycles. The fourth-order valence-corrected chi connectivity index (χ4v) is 2.32. The minimum atomic E-state index is -0.419. The number of carbonyl (C=O) groups excluding carboxylic acids is 1. The van der Waals surface area contributed by atoms with E-state index >= 15 is 0 Å². The molecule has 1 fully saturated rings. The van der Waals surface area contributed by atoms with E-state index in [1.165, 1.54) is 0 Å². The molecule has 1 aromatic rings. The summed E-state index contributed by atoms with van der Waals surface area (Å²) in [4.78, 5) is 12.0. The van der Waals surface area contributed by atoms with Crippen LogP contribution in [0.15, 0.2) is 48.1 Å². The second-order valence-electron chi connectivity index (χ2n) is 6.08. The summed E-state index contributed by atoms with van der Waals surface area (Å²) in [5, 5.41) is 6.02. The number of hydrogen-bond donors (Lipinski definition) is 2. The van der Waals surface area contributed by atoms with Gasteiger partial charge in [-0.15, -0.1) is 0 Å². The van der Waals surface area contributed by atoms with Crippen LogP contribution in [0.3, 0.4) is 0 Å². The van der Waals surface area contributed by atoms with E-state index in [1.807, 2.05) is 56.3 Å². The zero-order chi connectivity index (χ0) is 18.1. The van der Waals surface area contributed by atoms with Crippen LogP contribution in [0.5, 0.6) is 5.75 Å². The first-order valence-corrected chi connectivity index (χ1v) is 8.84. The summed E-state index contributed by atoms with van der Waals surface area (Å²) in [5.74, 6) is 0.852. The molecule has 1 aliphatic heterocycles. The van der Waals surface area contributed by atoms with Gasteiger partial charge < -0.3 is 20.1 Å². The molecule has 1 aromatic carbocycles. The minimum Gasteiger partial charge on any atom is -0.488 e. The molecular formula is C20H28N2O3. The Bertz CT molecular complexity index is 604. The molecule has 136 valence electrons. The normalized spacial score (nSPS) is 16.4. The van der Waals surface area contributed by atoms with Gasteiger partial charge in [-0.3, -0.25) is 0 Å². The molecule has 1 heterocycles. The Morgan fingerprint density at radius 3 is 2.64 bits per heavy atom. The predicted octanol–water partition coefficient (Wildman–Crippen LogP) is 3.74. The van der Waals surface area contributed by atoms with E-state index in [2.05, 4.69) is 17.6 Å². The van der Waals surface area contributed by atoms with Crippen molar-refractivity contribution in [2.75, 3.05) is 19.7 Å². The lowest BCUT2D eigenvalue weighted by atomic mass is 10.1. The predicted molar refractivity (Wildman–Crippen MR) is 99.8 cm³/mol. The number of hydrogen-bond acceptors (Lipinski definition) is 4. The number of allylic oxidation sites excluding steroid dienone is 2. The largest absolute Gasteiger partial charge is 0.488 e. The molecule has 0 aromatic heterocycles. The molecule has 0 saturated carbocycles. The lowest BCUT2D eigenvalue weighted by Crippen LogP contribution is -2.50. The van der Waals surface area contributed by atoms with Gasteiger partial charge in [0, 0.05) is 13.1 Å². The minimum absolute atomic E-state index is 0.132. The third-order valence-electron chi connectivity index (χ3n) is 4.07. The van der Waals surface area contributed by atoms with E-state index in [4.69, 9.17) is 9.47 Å². The smallest absolute Gasteiger partial charge is 0.407 e. The number of alkyl carbamates (subject to hydrolysis) is 1. The van der Waals surface area contributed by atoms with Crippen molar-refractivity contribution < 1.29 is 14.3 Å². The molecular weight excluding hydrogens is 316 g/mol. The fraction of sp³-hybridized carbons (Fsp3) is 0.450. The summed E-state index contributed by atoms with van der Waals surface area (Å²) in [6.45, 7) is 8.00. The van der Waals surface area contributed by atoms with Crippen molar-refractivity contribution in [2.45, 2.75) is 39.3 Å². The van der Waals surface area contributed by atoms with Crippen molar-refractivity contribution in [3.63, 3.8) is 0 Å². The first kappa shape index (κ1) is 19.1. The maximum atomic E-state index is 12.0. The zero-order valence-electron chi connectivity index (χ0n) is 15.2. The third kappa shape index (κ3) is 6.27. The Kier molecular flexibility index (Phi) is 7.54. The highest BCUT2D eigenvalue weighted by Crippen LogP contribution is 2.19. The lowest BCUT2D eigenvalue weighted by Gasteiger charge is -2.27. The topological polar surface area (TPSA) is 59.6 Å². The first-order valence-electron chi connectivity index (χ1n) is 8.84. The van der Waals surface area contributed by atoms with Gasteiger partial charge in [0.05, 0.1) is 6.04 Å². The van der Waals surface area contributed by atoms with Crippen LogP contribution in [0.25, 0.3) is 0 Å². The van der Waals surface area contributed by atoms with E-state index in [9.17, 15) is 4.79 Å². The highest BCUT2D eigenvalue weighted by molar-refractivity contribution is 5.68. The average molecular weight is 344 g/mol. The van der Waals surface area contributed by atoms with Crippen molar-refractivity contribution in [1.82, 2.24) is 10.6 Å². The number of rotatable bonds is 8. The van der Waals surface area contributed by atoms with E-state index in [0.717, 1.165) is 36.4 Å². The van der Waals surface area contributed by atoms with Crippen molar-refractivity contribution in [2.24, 2.45) is 0 Å². The molecule has 1 aliphatic rings. The van der Waals surface area contributed by atoms with Crippen molar-refractivity contribution in [3.8, 4) is 5.75 Å². The Hall–Kier alpha value is -2.27. The molecule has 2 rings (SSSR count). The van der Waals surface area contributed by atoms with Crippen molar-refractivity contribution in [1.29, 1.82) is 0 Å². The highest BCUT2D eigenvalue weighted by atomic mass is 16.5. The average Bonchev–Trinajstić information content (AvgIpc) is 2.58. The van der Waals surface area contributed by atoms with Gasteiger partial charge >= 0.3 is 6.09 Å². The Morgan fingerprint density at radius 1 is 1.36 bits per heavy atom. The molecule has 2 N–H and O–H groups in total. The van der Waals surface area contributed by atoms with Crippen LogP contribution in [0.2, 0.25) is 0 Å². The van der Waals surface area contributed by atoms with Gasteiger partial charge in [0.1, 0.15) is 18.5 Å². The van der Waals surface area contributed by atoms with Gasteiger partial charge in [-0.25, -0.2) is 4.79 Å². The Balaban J connectivity index is 1.78. The van der Waals surface area contributed by atoms with Crippen LogP contribution in [0, 0.1) is 0 Å². The highest BCUT2D eigenvalue weighted by Gasteiger charge is 2.18. The summed E-state index contributed by atoms with van der Waals surface area (Å²) >= 11 is 0. The maximum absolute atomic E-state index is 12.0. The fourth-order valence-electron chi connectivity index (χ4n) is 2.32. The van der Waals surface area contributed by atoms with Crippen molar-refractivity contribution in [3.05, 3.63) is 53.6 Å². The van der Waals surface area contributed by atoms with Crippen LogP contribution < -0.4 is 15.4 Å². The third-order valence-corrected chi connectivity index (χ3v) is 4.07. The molecule has 5 heteroatoms.